The lowest BCUT2D eigenvalue weighted by Crippen LogP contribution is -2.13. The van der Waals surface area contributed by atoms with Gasteiger partial charge in [0.1, 0.15) is 11.2 Å². The average molecular weight is 844 g/mol. The Bertz CT molecular complexity index is 3950. The first-order valence-electron chi connectivity index (χ1n) is 22.5. The van der Waals surface area contributed by atoms with Crippen LogP contribution in [0.1, 0.15) is 0 Å². The van der Waals surface area contributed by atoms with E-state index in [1.165, 1.54) is 43.4 Å². The molecule has 0 spiro atoms. The van der Waals surface area contributed by atoms with Crippen molar-refractivity contribution in [1.29, 1.82) is 0 Å². The van der Waals surface area contributed by atoms with Gasteiger partial charge in [-0.2, -0.15) is 0 Å². The molecule has 0 aliphatic rings. The zero-order valence-corrected chi connectivity index (χ0v) is 35.9. The van der Waals surface area contributed by atoms with Gasteiger partial charge in [0, 0.05) is 61.4 Å². The van der Waals surface area contributed by atoms with Crippen LogP contribution in [0.4, 0.5) is 34.1 Å². The van der Waals surface area contributed by atoms with Crippen LogP contribution >= 0.6 is 0 Å². The number of anilines is 6. The molecule has 13 aromatic rings. The summed E-state index contributed by atoms with van der Waals surface area (Å²) >= 11 is 0. The molecule has 0 saturated carbocycles. The molecule has 0 fully saturated rings. The molecule has 0 saturated heterocycles. The van der Waals surface area contributed by atoms with E-state index < -0.39 is 0 Å². The summed E-state index contributed by atoms with van der Waals surface area (Å²) in [5.41, 5.74) is 13.8. The third-order valence-corrected chi connectivity index (χ3v) is 13.1. The van der Waals surface area contributed by atoms with Gasteiger partial charge in [0.25, 0.3) is 0 Å². The predicted octanol–water partition coefficient (Wildman–Crippen LogP) is 17.6. The Labute approximate surface area is 382 Å². The Balaban J connectivity index is 1.10. The molecule has 0 bridgehead atoms. The van der Waals surface area contributed by atoms with Crippen LogP contribution in [-0.4, -0.2) is 4.57 Å². The largest absolute Gasteiger partial charge is 0.456 e. The highest BCUT2D eigenvalue weighted by Gasteiger charge is 2.23. The number of furan rings is 1. The van der Waals surface area contributed by atoms with Gasteiger partial charge >= 0.3 is 0 Å². The third kappa shape index (κ3) is 6.22. The van der Waals surface area contributed by atoms with Crippen LogP contribution in [0.2, 0.25) is 0 Å². The van der Waals surface area contributed by atoms with E-state index >= 15 is 0 Å². The van der Waals surface area contributed by atoms with Crippen molar-refractivity contribution in [3.05, 3.63) is 249 Å². The molecule has 11 aromatic carbocycles. The van der Waals surface area contributed by atoms with Crippen molar-refractivity contribution in [3.63, 3.8) is 0 Å². The smallest absolute Gasteiger partial charge is 0.135 e. The van der Waals surface area contributed by atoms with Crippen molar-refractivity contribution in [3.8, 4) is 16.8 Å². The van der Waals surface area contributed by atoms with Gasteiger partial charge in [-0.3, -0.25) is 0 Å². The average Bonchev–Trinajstić information content (AvgIpc) is 3.92. The van der Waals surface area contributed by atoms with E-state index in [1.807, 2.05) is 12.1 Å². The van der Waals surface area contributed by atoms with Gasteiger partial charge in [-0.1, -0.05) is 140 Å². The van der Waals surface area contributed by atoms with Crippen LogP contribution in [0.15, 0.2) is 253 Å². The molecule has 4 heteroatoms. The van der Waals surface area contributed by atoms with Crippen molar-refractivity contribution < 1.29 is 4.42 Å². The first kappa shape index (κ1) is 37.7. The van der Waals surface area contributed by atoms with E-state index in [1.54, 1.807) is 0 Å². The molecule has 0 aliphatic carbocycles. The molecule has 0 amide bonds. The Hall–Kier alpha value is -8.86. The van der Waals surface area contributed by atoms with E-state index in [0.29, 0.717) is 0 Å². The van der Waals surface area contributed by atoms with Crippen molar-refractivity contribution in [2.45, 2.75) is 0 Å². The van der Waals surface area contributed by atoms with Crippen LogP contribution in [0.25, 0.3) is 82.1 Å². The fourth-order valence-electron chi connectivity index (χ4n) is 10.2. The van der Waals surface area contributed by atoms with Gasteiger partial charge < -0.3 is 18.8 Å². The molecule has 0 unspecified atom stereocenters. The van der Waals surface area contributed by atoms with Gasteiger partial charge in [0.15, 0.2) is 0 Å². The van der Waals surface area contributed by atoms with Gasteiger partial charge in [0.05, 0.1) is 11.0 Å². The number of benzene rings is 11. The van der Waals surface area contributed by atoms with E-state index in [-0.39, 0.29) is 0 Å². The standard InChI is InChI=1S/C62H41N3O/c1-4-19-44(20-5-1)63(47-32-34-60-57(40-47)54-28-14-16-30-59(54)65(60)46-23-8-3-9-24-46)49-36-43(56-38-42-18-10-11-25-51(42)52-26-12-13-27-53(52)56)37-50(39-49)64(45-21-6-2-7-22-45)48-33-35-62-58(41-48)55-29-15-17-31-61(55)66-62/h1-41H. The first-order valence-corrected chi connectivity index (χ1v) is 22.5. The summed E-state index contributed by atoms with van der Waals surface area (Å²) in [4.78, 5) is 4.80. The van der Waals surface area contributed by atoms with Crippen LogP contribution in [0.3, 0.4) is 0 Å². The number of fused-ring (bicyclic) bond motifs is 9. The number of hydrogen-bond donors (Lipinski definition) is 0. The lowest BCUT2D eigenvalue weighted by molar-refractivity contribution is 0.669. The highest BCUT2D eigenvalue weighted by atomic mass is 16.3. The molecule has 2 heterocycles. The van der Waals surface area contributed by atoms with Crippen molar-refractivity contribution >= 4 is 99.4 Å². The van der Waals surface area contributed by atoms with Gasteiger partial charge in [-0.25, -0.2) is 0 Å². The molecule has 66 heavy (non-hydrogen) atoms. The molecule has 310 valence electrons. The maximum atomic E-state index is 6.36. The number of rotatable bonds is 8. The minimum Gasteiger partial charge on any atom is -0.456 e. The molecule has 0 N–H and O–H groups in total. The Morgan fingerprint density at radius 1 is 0.288 bits per heavy atom. The minimum atomic E-state index is 0.865. The second-order valence-corrected chi connectivity index (χ2v) is 16.9. The topological polar surface area (TPSA) is 24.6 Å². The number of aromatic nitrogens is 1. The monoisotopic (exact) mass is 843 g/mol. The Morgan fingerprint density at radius 2 is 0.803 bits per heavy atom. The summed E-state index contributed by atoms with van der Waals surface area (Å²) in [6.07, 6.45) is 0. The van der Waals surface area contributed by atoms with E-state index in [0.717, 1.165) is 72.8 Å². The third-order valence-electron chi connectivity index (χ3n) is 13.1. The summed E-state index contributed by atoms with van der Waals surface area (Å²) in [6.45, 7) is 0. The minimum absolute atomic E-state index is 0.865. The highest BCUT2D eigenvalue weighted by Crippen LogP contribution is 2.47. The van der Waals surface area contributed by atoms with Crippen molar-refractivity contribution in [2.24, 2.45) is 0 Å². The van der Waals surface area contributed by atoms with Crippen LogP contribution in [-0.2, 0) is 0 Å². The zero-order chi connectivity index (χ0) is 43.6. The summed E-state index contributed by atoms with van der Waals surface area (Å²) in [5.74, 6) is 0. The molecular weight excluding hydrogens is 803 g/mol. The molecule has 4 nitrogen and oxygen atoms in total. The second kappa shape index (κ2) is 15.4. The number of nitrogens with zero attached hydrogens (tertiary/aromatic N) is 3. The van der Waals surface area contributed by atoms with E-state index in [4.69, 9.17) is 4.42 Å². The number of hydrogen-bond acceptors (Lipinski definition) is 3. The Morgan fingerprint density at radius 3 is 1.52 bits per heavy atom. The molecule has 0 atom stereocenters. The van der Waals surface area contributed by atoms with E-state index in [9.17, 15) is 0 Å². The number of para-hydroxylation sites is 5. The molecule has 0 aliphatic heterocycles. The Kier molecular flexibility index (Phi) is 8.81. The SMILES string of the molecule is c1ccc(N(c2cc(-c3cc4ccccc4c4ccccc34)cc(N(c3ccccc3)c3ccc4c(c3)c3ccccc3n4-c3ccccc3)c2)c2ccc3oc4ccccc4c3c2)cc1. The maximum Gasteiger partial charge on any atom is 0.135 e. The summed E-state index contributed by atoms with van der Waals surface area (Å²) < 4.78 is 8.73. The van der Waals surface area contributed by atoms with Crippen LogP contribution in [0, 0.1) is 0 Å². The highest BCUT2D eigenvalue weighted by molar-refractivity contribution is 6.15. The summed E-state index contributed by atoms with van der Waals surface area (Å²) in [5, 5.41) is 9.46. The predicted molar refractivity (Wildman–Crippen MR) is 278 cm³/mol. The molecule has 2 aromatic heterocycles. The van der Waals surface area contributed by atoms with Crippen molar-refractivity contribution in [2.75, 3.05) is 9.80 Å². The lowest BCUT2D eigenvalue weighted by Gasteiger charge is -2.30. The van der Waals surface area contributed by atoms with Crippen LogP contribution in [0.5, 0.6) is 0 Å². The van der Waals surface area contributed by atoms with Crippen molar-refractivity contribution in [1.82, 2.24) is 4.57 Å². The fraction of sp³-hybridized carbons (Fsp3) is 0. The van der Waals surface area contributed by atoms with E-state index in [2.05, 4.69) is 251 Å². The van der Waals surface area contributed by atoms with Gasteiger partial charge in [-0.15, -0.1) is 0 Å². The van der Waals surface area contributed by atoms with Gasteiger partial charge in [-0.05, 0) is 142 Å². The second-order valence-electron chi connectivity index (χ2n) is 16.9. The molecule has 13 rings (SSSR count). The summed E-state index contributed by atoms with van der Waals surface area (Å²) in [6, 6.07) is 89.7. The maximum absolute atomic E-state index is 6.36. The fourth-order valence-corrected chi connectivity index (χ4v) is 10.2. The zero-order valence-electron chi connectivity index (χ0n) is 35.9. The lowest BCUT2D eigenvalue weighted by atomic mass is 9.92. The normalized spacial score (nSPS) is 11.6. The molecular formula is C62H41N3O. The van der Waals surface area contributed by atoms with Gasteiger partial charge in [0.2, 0.25) is 0 Å². The molecule has 0 radical (unpaired) electrons. The van der Waals surface area contributed by atoms with Crippen LogP contribution < -0.4 is 9.80 Å². The first-order chi connectivity index (χ1) is 32.7. The summed E-state index contributed by atoms with van der Waals surface area (Å²) in [7, 11) is 0. The quantitative estimate of drug-likeness (QED) is 0.142.